The maximum Gasteiger partial charge on any atom is 0.122 e. The molecule has 0 aromatic carbocycles. The molecule has 0 saturated carbocycles. The van der Waals surface area contributed by atoms with Crippen LogP contribution in [0.4, 0.5) is 0 Å². The lowest BCUT2D eigenvalue weighted by Gasteiger charge is -2.17. The molecule has 0 bridgehead atoms. The lowest BCUT2D eigenvalue weighted by Crippen LogP contribution is -2.30. The summed E-state index contributed by atoms with van der Waals surface area (Å²) in [5.41, 5.74) is -0.866. The molecule has 0 saturated heterocycles. The minimum absolute atomic E-state index is 0.288. The average molecular weight is 205 g/mol. The third kappa shape index (κ3) is 6.78. The van der Waals surface area contributed by atoms with Crippen LogP contribution in [-0.4, -0.2) is 19.7 Å². The Labute approximate surface area is 82.8 Å². The lowest BCUT2D eigenvalue weighted by molar-refractivity contribution is 0.133. The van der Waals surface area contributed by atoms with Crippen LogP contribution in [0.2, 0.25) is 0 Å². The monoisotopic (exact) mass is 205 g/mol. The maximum atomic E-state index is 11.4. The molecule has 0 fully saturated rings. The zero-order valence-electron chi connectivity index (χ0n) is 8.92. The molecule has 0 aliphatic rings. The lowest BCUT2D eigenvalue weighted by atomic mass is 10.1. The van der Waals surface area contributed by atoms with Crippen molar-refractivity contribution in [2.24, 2.45) is 0 Å². The van der Waals surface area contributed by atoms with Gasteiger partial charge in [0.25, 0.3) is 0 Å². The van der Waals surface area contributed by atoms with Crippen molar-refractivity contribution >= 4 is 11.0 Å². The van der Waals surface area contributed by atoms with Gasteiger partial charge in [0.2, 0.25) is 0 Å². The van der Waals surface area contributed by atoms with Gasteiger partial charge in [-0.15, -0.1) is 0 Å². The van der Waals surface area contributed by atoms with Crippen molar-refractivity contribution in [3.63, 3.8) is 0 Å². The molecule has 2 N–H and O–H groups in total. The molecule has 0 radical (unpaired) electrons. The van der Waals surface area contributed by atoms with Crippen LogP contribution in [0.1, 0.15) is 34.6 Å². The molecule has 0 heterocycles. The van der Waals surface area contributed by atoms with Gasteiger partial charge >= 0.3 is 0 Å². The van der Waals surface area contributed by atoms with E-state index in [1.54, 1.807) is 19.9 Å². The SMILES string of the molecule is CC(C)(O)C=CNS(=O)C(C)(C)C. The summed E-state index contributed by atoms with van der Waals surface area (Å²) in [7, 11) is -1.12. The van der Waals surface area contributed by atoms with E-state index in [2.05, 4.69) is 4.72 Å². The van der Waals surface area contributed by atoms with Crippen LogP contribution in [0.15, 0.2) is 12.3 Å². The van der Waals surface area contributed by atoms with Gasteiger partial charge in [-0.1, -0.05) is 0 Å². The largest absolute Gasteiger partial charge is 0.386 e. The van der Waals surface area contributed by atoms with Crippen molar-refractivity contribution in [3.8, 4) is 0 Å². The van der Waals surface area contributed by atoms with Gasteiger partial charge in [-0.2, -0.15) is 0 Å². The van der Waals surface area contributed by atoms with E-state index in [0.29, 0.717) is 0 Å². The molecule has 0 aliphatic heterocycles. The second kappa shape index (κ2) is 4.24. The Morgan fingerprint density at radius 1 is 1.23 bits per heavy atom. The number of hydrogen-bond acceptors (Lipinski definition) is 2. The molecule has 3 nitrogen and oxygen atoms in total. The molecule has 1 atom stereocenters. The fourth-order valence-corrected chi connectivity index (χ4v) is 1.02. The standard InChI is InChI=1S/C9H19NO2S/c1-8(2,3)13(12)10-7-6-9(4,5)11/h6-7,10-11H,1-5H3. The first kappa shape index (κ1) is 12.7. The van der Waals surface area contributed by atoms with Crippen LogP contribution in [0.5, 0.6) is 0 Å². The average Bonchev–Trinajstić information content (AvgIpc) is 1.82. The summed E-state index contributed by atoms with van der Waals surface area (Å²) < 4.78 is 13.8. The topological polar surface area (TPSA) is 49.3 Å². The van der Waals surface area contributed by atoms with Crippen LogP contribution in [-0.2, 0) is 11.0 Å². The predicted octanol–water partition coefficient (Wildman–Crippen LogP) is 1.32. The van der Waals surface area contributed by atoms with E-state index in [1.807, 2.05) is 20.8 Å². The van der Waals surface area contributed by atoms with Crippen LogP contribution < -0.4 is 4.72 Å². The van der Waals surface area contributed by atoms with E-state index in [-0.39, 0.29) is 4.75 Å². The summed E-state index contributed by atoms with van der Waals surface area (Å²) in [6.07, 6.45) is 3.10. The molecule has 13 heavy (non-hydrogen) atoms. The molecular weight excluding hydrogens is 186 g/mol. The van der Waals surface area contributed by atoms with Crippen molar-refractivity contribution in [1.82, 2.24) is 4.72 Å². The van der Waals surface area contributed by atoms with Gasteiger partial charge in [0.05, 0.1) is 10.3 Å². The summed E-state index contributed by atoms with van der Waals surface area (Å²) in [5, 5.41) is 9.31. The number of aliphatic hydroxyl groups is 1. The first-order chi connectivity index (χ1) is 5.63. The van der Waals surface area contributed by atoms with Gasteiger partial charge < -0.3 is 9.83 Å². The first-order valence-electron chi connectivity index (χ1n) is 4.21. The second-order valence-electron chi connectivity index (χ2n) is 4.49. The second-order valence-corrected chi connectivity index (χ2v) is 6.48. The summed E-state index contributed by atoms with van der Waals surface area (Å²) in [6.45, 7) is 8.96. The normalized spacial score (nSPS) is 16.2. The Morgan fingerprint density at radius 3 is 2.00 bits per heavy atom. The quantitative estimate of drug-likeness (QED) is 0.730. The zero-order chi connectivity index (χ0) is 10.7. The molecule has 78 valence electrons. The highest BCUT2D eigenvalue weighted by Gasteiger charge is 2.18. The molecule has 0 aromatic rings. The minimum atomic E-state index is -1.12. The Balaban J connectivity index is 4.06. The van der Waals surface area contributed by atoms with Gasteiger partial charge in [0, 0.05) is 6.20 Å². The Bertz CT molecular complexity index is 211. The van der Waals surface area contributed by atoms with Crippen molar-refractivity contribution in [3.05, 3.63) is 12.3 Å². The molecule has 0 aliphatic carbocycles. The van der Waals surface area contributed by atoms with Crippen molar-refractivity contribution in [2.75, 3.05) is 0 Å². The minimum Gasteiger partial charge on any atom is -0.386 e. The zero-order valence-corrected chi connectivity index (χ0v) is 9.73. The van der Waals surface area contributed by atoms with E-state index < -0.39 is 16.6 Å². The van der Waals surface area contributed by atoms with Crippen LogP contribution in [0.25, 0.3) is 0 Å². The Kier molecular flexibility index (Phi) is 4.13. The van der Waals surface area contributed by atoms with Crippen LogP contribution >= 0.6 is 0 Å². The summed E-state index contributed by atoms with van der Waals surface area (Å²) in [4.78, 5) is 0. The van der Waals surface area contributed by atoms with Crippen molar-refractivity contribution < 1.29 is 9.32 Å². The third-order valence-electron chi connectivity index (χ3n) is 1.22. The molecule has 0 rings (SSSR count). The maximum absolute atomic E-state index is 11.4. The first-order valence-corrected chi connectivity index (χ1v) is 5.36. The molecular formula is C9H19NO2S. The van der Waals surface area contributed by atoms with Gasteiger partial charge in [-0.05, 0) is 40.7 Å². The predicted molar refractivity (Wildman–Crippen MR) is 56.5 cm³/mol. The highest BCUT2D eigenvalue weighted by Crippen LogP contribution is 2.09. The molecule has 1 unspecified atom stereocenters. The summed E-state index contributed by atoms with van der Waals surface area (Å²) in [6, 6.07) is 0. The molecule has 4 heteroatoms. The van der Waals surface area contributed by atoms with E-state index >= 15 is 0 Å². The van der Waals surface area contributed by atoms with Crippen molar-refractivity contribution in [1.29, 1.82) is 0 Å². The van der Waals surface area contributed by atoms with Crippen LogP contribution in [0.3, 0.4) is 0 Å². The fourth-order valence-electron chi connectivity index (χ4n) is 0.477. The van der Waals surface area contributed by atoms with Crippen LogP contribution in [0, 0.1) is 0 Å². The van der Waals surface area contributed by atoms with Gasteiger partial charge in [0.15, 0.2) is 0 Å². The number of nitrogens with one attached hydrogen (secondary N) is 1. The molecule has 0 amide bonds. The number of hydrogen-bond donors (Lipinski definition) is 2. The van der Waals surface area contributed by atoms with E-state index in [1.165, 1.54) is 6.20 Å². The third-order valence-corrected chi connectivity index (χ3v) is 2.68. The highest BCUT2D eigenvalue weighted by molar-refractivity contribution is 7.84. The molecule has 0 aromatic heterocycles. The van der Waals surface area contributed by atoms with E-state index in [0.717, 1.165) is 0 Å². The Morgan fingerprint density at radius 2 is 1.69 bits per heavy atom. The van der Waals surface area contributed by atoms with Gasteiger partial charge in [-0.3, -0.25) is 0 Å². The summed E-state index contributed by atoms with van der Waals surface area (Å²) >= 11 is 0. The highest BCUT2D eigenvalue weighted by atomic mass is 32.2. The van der Waals surface area contributed by atoms with E-state index in [4.69, 9.17) is 0 Å². The fraction of sp³-hybridized carbons (Fsp3) is 0.778. The molecule has 0 spiro atoms. The van der Waals surface area contributed by atoms with E-state index in [9.17, 15) is 9.32 Å². The van der Waals surface area contributed by atoms with Gasteiger partial charge in [-0.25, -0.2) is 4.21 Å². The number of rotatable bonds is 3. The Hall–Kier alpha value is -0.350. The van der Waals surface area contributed by atoms with Gasteiger partial charge in [0.1, 0.15) is 11.0 Å². The summed E-state index contributed by atoms with van der Waals surface area (Å²) in [5.74, 6) is 0. The van der Waals surface area contributed by atoms with Crippen molar-refractivity contribution in [2.45, 2.75) is 45.0 Å². The smallest absolute Gasteiger partial charge is 0.122 e.